The van der Waals surface area contributed by atoms with Gasteiger partial charge in [0.25, 0.3) is 5.91 Å². The van der Waals surface area contributed by atoms with Gasteiger partial charge in [0.15, 0.2) is 5.17 Å². The van der Waals surface area contributed by atoms with Crippen LogP contribution in [0, 0.1) is 0 Å². The lowest BCUT2D eigenvalue weighted by atomic mass is 10.0. The van der Waals surface area contributed by atoms with Crippen LogP contribution in [0.1, 0.15) is 22.3 Å². The molecule has 0 saturated carbocycles. The van der Waals surface area contributed by atoms with Crippen molar-refractivity contribution in [1.29, 1.82) is 0 Å². The second-order valence-corrected chi connectivity index (χ2v) is 10.6. The summed E-state index contributed by atoms with van der Waals surface area (Å²) in [6.07, 6.45) is -6.77. The number of carbonyl (C=O) groups is 1. The Hall–Kier alpha value is -3.36. The number of halogens is 6. The Labute approximate surface area is 228 Å². The standard InChI is InChI=1S/C26H23F6N5O2S/c1-35-6-7-36(13-19(35)14-38)24-34-23(39)22(40-24)9-15-2-5-21-17(8-15)11-33-37(21)12-16-3-4-18(25(27,28)29)10-20(16)26(30,31)32/h2-5,8-11,19,38H,6-7,12-14H2,1H3/b22-9-/t19-/m1/s1. The molecule has 14 heteroatoms. The van der Waals surface area contributed by atoms with E-state index in [1.54, 1.807) is 24.3 Å². The van der Waals surface area contributed by atoms with E-state index >= 15 is 0 Å². The molecule has 1 N–H and O–H groups in total. The minimum Gasteiger partial charge on any atom is -0.395 e. The number of fused-ring (bicyclic) bond motifs is 1. The Morgan fingerprint density at radius 3 is 2.55 bits per heavy atom. The Kier molecular flexibility index (Phi) is 7.44. The first-order valence-electron chi connectivity index (χ1n) is 12.1. The van der Waals surface area contributed by atoms with Crippen LogP contribution >= 0.6 is 11.8 Å². The fourth-order valence-electron chi connectivity index (χ4n) is 4.64. The van der Waals surface area contributed by atoms with Crippen molar-refractivity contribution in [2.45, 2.75) is 24.9 Å². The summed E-state index contributed by atoms with van der Waals surface area (Å²) in [5.74, 6) is -0.391. The van der Waals surface area contributed by atoms with Crippen LogP contribution in [-0.2, 0) is 23.7 Å². The molecule has 3 heterocycles. The van der Waals surface area contributed by atoms with Crippen LogP contribution in [0.5, 0.6) is 0 Å². The number of aliphatic imine (C=N–C) groups is 1. The van der Waals surface area contributed by atoms with Gasteiger partial charge in [-0.05, 0) is 60.3 Å². The molecule has 2 aliphatic heterocycles. The van der Waals surface area contributed by atoms with Crippen molar-refractivity contribution in [2.75, 3.05) is 33.3 Å². The molecule has 0 aliphatic carbocycles. The van der Waals surface area contributed by atoms with Crippen LogP contribution in [0.3, 0.4) is 0 Å². The maximum absolute atomic E-state index is 13.6. The molecule has 212 valence electrons. The van der Waals surface area contributed by atoms with Gasteiger partial charge in [-0.25, -0.2) is 0 Å². The fourth-order valence-corrected chi connectivity index (χ4v) is 5.59. The number of piperazine rings is 1. The number of aromatic nitrogens is 2. The van der Waals surface area contributed by atoms with Gasteiger partial charge in [-0.3, -0.25) is 14.4 Å². The minimum absolute atomic E-state index is 0.00826. The van der Waals surface area contributed by atoms with Crippen LogP contribution < -0.4 is 0 Å². The number of amides is 1. The Morgan fingerprint density at radius 2 is 1.85 bits per heavy atom. The van der Waals surface area contributed by atoms with Gasteiger partial charge in [0.05, 0.1) is 46.9 Å². The summed E-state index contributed by atoms with van der Waals surface area (Å²) in [4.78, 5) is 21.2. The first-order valence-corrected chi connectivity index (χ1v) is 13.0. The van der Waals surface area contributed by atoms with Crippen molar-refractivity contribution in [1.82, 2.24) is 19.6 Å². The van der Waals surface area contributed by atoms with Crippen molar-refractivity contribution >= 4 is 39.8 Å². The summed E-state index contributed by atoms with van der Waals surface area (Å²) >= 11 is 1.23. The maximum Gasteiger partial charge on any atom is 0.416 e. The number of thioether (sulfide) groups is 1. The lowest BCUT2D eigenvalue weighted by Crippen LogP contribution is -2.53. The summed E-state index contributed by atoms with van der Waals surface area (Å²) in [5, 5.41) is 14.9. The number of carbonyl (C=O) groups excluding carboxylic acids is 1. The smallest absolute Gasteiger partial charge is 0.395 e. The first-order chi connectivity index (χ1) is 18.8. The highest BCUT2D eigenvalue weighted by Gasteiger charge is 2.38. The van der Waals surface area contributed by atoms with E-state index in [4.69, 9.17) is 0 Å². The number of benzene rings is 2. The lowest BCUT2D eigenvalue weighted by Gasteiger charge is -2.39. The van der Waals surface area contributed by atoms with Gasteiger partial charge in [0, 0.05) is 25.0 Å². The third kappa shape index (κ3) is 5.74. The van der Waals surface area contributed by atoms with Crippen molar-refractivity contribution in [3.63, 3.8) is 0 Å². The molecule has 2 aliphatic rings. The number of likely N-dealkylation sites (N-methyl/N-ethyl adjacent to an activating group) is 1. The SMILES string of the molecule is CN1CCN(C2=NC(=O)/C(=C/c3ccc4c(cnn4Cc4ccc(C(F)(F)F)cc4C(F)(F)F)c3)S2)C[C@@H]1CO. The average Bonchev–Trinajstić information content (AvgIpc) is 3.46. The Morgan fingerprint density at radius 1 is 1.07 bits per heavy atom. The number of alkyl halides is 6. The molecule has 1 saturated heterocycles. The van der Waals surface area contributed by atoms with E-state index in [1.165, 1.54) is 22.6 Å². The number of rotatable bonds is 4. The molecular weight excluding hydrogens is 560 g/mol. The molecule has 3 aromatic rings. The predicted molar refractivity (Wildman–Crippen MR) is 138 cm³/mol. The minimum atomic E-state index is -4.98. The van der Waals surface area contributed by atoms with Gasteiger partial charge in [-0.15, -0.1) is 0 Å². The first kappa shape index (κ1) is 28.2. The Balaban J connectivity index is 1.35. The van der Waals surface area contributed by atoms with Crippen LogP contribution in [0.25, 0.3) is 17.0 Å². The van der Waals surface area contributed by atoms with Crippen LogP contribution in [-0.4, -0.2) is 75.1 Å². The van der Waals surface area contributed by atoms with Crippen molar-refractivity contribution in [3.8, 4) is 0 Å². The number of hydrogen-bond donors (Lipinski definition) is 1. The van der Waals surface area contributed by atoms with Crippen molar-refractivity contribution < 1.29 is 36.2 Å². The zero-order valence-corrected chi connectivity index (χ0v) is 21.8. The van der Waals surface area contributed by atoms with Crippen LogP contribution in [0.4, 0.5) is 26.3 Å². The molecular formula is C26H23F6N5O2S. The van der Waals surface area contributed by atoms with Gasteiger partial charge >= 0.3 is 12.4 Å². The van der Waals surface area contributed by atoms with E-state index in [0.717, 1.165) is 12.6 Å². The highest BCUT2D eigenvalue weighted by Crippen LogP contribution is 2.38. The fraction of sp³-hybridized carbons (Fsp3) is 0.346. The zero-order chi connectivity index (χ0) is 28.8. The van der Waals surface area contributed by atoms with Gasteiger partial charge in [-0.2, -0.15) is 36.4 Å². The third-order valence-electron chi connectivity index (χ3n) is 6.89. The summed E-state index contributed by atoms with van der Waals surface area (Å²) in [6, 6.07) is 6.52. The van der Waals surface area contributed by atoms with E-state index < -0.39 is 29.4 Å². The second kappa shape index (κ2) is 10.6. The van der Waals surface area contributed by atoms with E-state index in [2.05, 4.69) is 10.1 Å². The average molecular weight is 584 g/mol. The number of aliphatic hydroxyl groups is 1. The molecule has 0 radical (unpaired) electrons. The summed E-state index contributed by atoms with van der Waals surface area (Å²) in [7, 11) is 1.93. The molecule has 7 nitrogen and oxygen atoms in total. The van der Waals surface area contributed by atoms with E-state index in [-0.39, 0.29) is 30.8 Å². The number of hydrogen-bond acceptors (Lipinski definition) is 6. The molecule has 2 aromatic carbocycles. The van der Waals surface area contributed by atoms with Crippen LogP contribution in [0.2, 0.25) is 0 Å². The van der Waals surface area contributed by atoms with E-state index in [9.17, 15) is 36.2 Å². The molecule has 1 amide bonds. The molecule has 0 spiro atoms. The molecule has 0 bridgehead atoms. The molecule has 1 atom stereocenters. The molecule has 40 heavy (non-hydrogen) atoms. The Bertz CT molecular complexity index is 1510. The van der Waals surface area contributed by atoms with Crippen molar-refractivity contribution in [3.05, 3.63) is 69.8 Å². The van der Waals surface area contributed by atoms with Gasteiger partial charge in [-0.1, -0.05) is 12.1 Å². The van der Waals surface area contributed by atoms with E-state index in [0.29, 0.717) is 45.7 Å². The molecule has 0 unspecified atom stereocenters. The normalized spacial score (nSPS) is 20.1. The number of amidine groups is 1. The third-order valence-corrected chi connectivity index (χ3v) is 7.94. The molecule has 5 rings (SSSR count). The number of aliphatic hydroxyl groups excluding tert-OH is 1. The largest absolute Gasteiger partial charge is 0.416 e. The zero-order valence-electron chi connectivity index (χ0n) is 21.0. The topological polar surface area (TPSA) is 74.0 Å². The molecule has 1 fully saturated rings. The van der Waals surface area contributed by atoms with Crippen LogP contribution in [0.15, 0.2) is 52.5 Å². The monoisotopic (exact) mass is 583 g/mol. The van der Waals surface area contributed by atoms with Gasteiger partial charge in [0.2, 0.25) is 0 Å². The van der Waals surface area contributed by atoms with Gasteiger partial charge in [0.1, 0.15) is 0 Å². The summed E-state index contributed by atoms with van der Waals surface area (Å²) < 4.78 is 81.0. The highest BCUT2D eigenvalue weighted by molar-refractivity contribution is 8.18. The summed E-state index contributed by atoms with van der Waals surface area (Å²) in [6.45, 7) is 1.53. The maximum atomic E-state index is 13.6. The predicted octanol–water partition coefficient (Wildman–Crippen LogP) is 4.70. The quantitative estimate of drug-likeness (QED) is 0.355. The van der Waals surface area contributed by atoms with E-state index in [1.807, 2.05) is 16.8 Å². The lowest BCUT2D eigenvalue weighted by molar-refractivity contribution is -0.143. The number of nitrogens with zero attached hydrogens (tertiary/aromatic N) is 5. The second-order valence-electron chi connectivity index (χ2n) is 9.56. The molecule has 1 aromatic heterocycles. The van der Waals surface area contributed by atoms with Gasteiger partial charge < -0.3 is 10.0 Å². The van der Waals surface area contributed by atoms with Crippen molar-refractivity contribution in [2.24, 2.45) is 4.99 Å². The summed E-state index contributed by atoms with van der Waals surface area (Å²) in [5.41, 5.74) is -1.97. The highest BCUT2D eigenvalue weighted by atomic mass is 32.2.